The Bertz CT molecular complexity index is 690. The van der Waals surface area contributed by atoms with Gasteiger partial charge in [0.05, 0.1) is 0 Å². The lowest BCUT2D eigenvalue weighted by atomic mass is 10.2. The third kappa shape index (κ3) is 3.19. The summed E-state index contributed by atoms with van der Waals surface area (Å²) in [7, 11) is 0. The van der Waals surface area contributed by atoms with Crippen molar-refractivity contribution in [2.45, 2.75) is 18.8 Å². The van der Waals surface area contributed by atoms with Gasteiger partial charge < -0.3 is 16.4 Å². The molecule has 1 aromatic heterocycles. The predicted molar refractivity (Wildman–Crippen MR) is 78.2 cm³/mol. The molecule has 0 radical (unpaired) electrons. The molecule has 7 nitrogen and oxygen atoms in total. The van der Waals surface area contributed by atoms with Gasteiger partial charge in [0.25, 0.3) is 5.91 Å². The number of amides is 3. The van der Waals surface area contributed by atoms with E-state index in [1.54, 1.807) is 30.3 Å². The van der Waals surface area contributed by atoms with E-state index in [-0.39, 0.29) is 5.91 Å². The van der Waals surface area contributed by atoms with Crippen molar-refractivity contribution >= 4 is 23.3 Å². The highest BCUT2D eigenvalue weighted by Crippen LogP contribution is 2.39. The predicted octanol–water partition coefficient (Wildman–Crippen LogP) is 2.03. The van der Waals surface area contributed by atoms with E-state index in [2.05, 4.69) is 20.8 Å². The maximum atomic E-state index is 12.1. The fourth-order valence-electron chi connectivity index (χ4n) is 2.07. The molecule has 0 bridgehead atoms. The first-order chi connectivity index (χ1) is 10.1. The molecule has 0 atom stereocenters. The van der Waals surface area contributed by atoms with Crippen molar-refractivity contribution in [3.05, 3.63) is 41.7 Å². The number of carbonyl (C=O) groups excluding carboxylic acids is 2. The van der Waals surface area contributed by atoms with Crippen LogP contribution >= 0.6 is 0 Å². The maximum absolute atomic E-state index is 12.1. The van der Waals surface area contributed by atoms with Gasteiger partial charge in [0.15, 0.2) is 5.69 Å². The van der Waals surface area contributed by atoms with Gasteiger partial charge in [-0.2, -0.15) is 5.10 Å². The van der Waals surface area contributed by atoms with E-state index in [1.165, 1.54) is 0 Å². The molecule has 3 rings (SSSR count). The molecule has 1 aliphatic carbocycles. The largest absolute Gasteiger partial charge is 0.351 e. The average molecular weight is 285 g/mol. The van der Waals surface area contributed by atoms with Gasteiger partial charge in [-0.1, -0.05) is 6.07 Å². The molecule has 0 spiro atoms. The van der Waals surface area contributed by atoms with Crippen LogP contribution in [0.3, 0.4) is 0 Å². The first kappa shape index (κ1) is 13.2. The van der Waals surface area contributed by atoms with Crippen molar-refractivity contribution in [2.24, 2.45) is 5.73 Å². The zero-order valence-corrected chi connectivity index (χ0v) is 11.2. The first-order valence-corrected chi connectivity index (χ1v) is 6.65. The summed E-state index contributed by atoms with van der Waals surface area (Å²) in [6.45, 7) is 0. The highest BCUT2D eigenvalue weighted by Gasteiger charge is 2.26. The molecule has 1 aliphatic rings. The van der Waals surface area contributed by atoms with Gasteiger partial charge in [-0.05, 0) is 37.1 Å². The highest BCUT2D eigenvalue weighted by atomic mass is 16.2. The first-order valence-electron chi connectivity index (χ1n) is 6.65. The molecule has 0 unspecified atom stereocenters. The van der Waals surface area contributed by atoms with Gasteiger partial charge in [-0.15, -0.1) is 0 Å². The third-order valence-electron chi connectivity index (χ3n) is 3.24. The zero-order valence-electron chi connectivity index (χ0n) is 11.2. The Balaban J connectivity index is 1.69. The molecule has 0 aliphatic heterocycles. The normalized spacial score (nSPS) is 13.7. The van der Waals surface area contributed by atoms with E-state index in [4.69, 9.17) is 5.73 Å². The van der Waals surface area contributed by atoms with Crippen molar-refractivity contribution in [1.29, 1.82) is 0 Å². The molecule has 1 fully saturated rings. The van der Waals surface area contributed by atoms with Crippen molar-refractivity contribution in [3.8, 4) is 0 Å². The Morgan fingerprint density at radius 1 is 1.19 bits per heavy atom. The van der Waals surface area contributed by atoms with Crippen LogP contribution in [0.4, 0.5) is 16.2 Å². The molecule has 1 aromatic carbocycles. The van der Waals surface area contributed by atoms with Gasteiger partial charge in [0.2, 0.25) is 0 Å². The van der Waals surface area contributed by atoms with Crippen LogP contribution in [0.25, 0.3) is 0 Å². The van der Waals surface area contributed by atoms with Crippen LogP contribution in [0.15, 0.2) is 30.3 Å². The van der Waals surface area contributed by atoms with Gasteiger partial charge in [0.1, 0.15) is 0 Å². The second-order valence-corrected chi connectivity index (χ2v) is 5.01. The Morgan fingerprint density at radius 3 is 2.57 bits per heavy atom. The molecule has 3 amide bonds. The maximum Gasteiger partial charge on any atom is 0.316 e. The molecule has 108 valence electrons. The fourth-order valence-corrected chi connectivity index (χ4v) is 2.07. The number of benzene rings is 1. The summed E-state index contributed by atoms with van der Waals surface area (Å²) in [6.07, 6.45) is 2.29. The van der Waals surface area contributed by atoms with Gasteiger partial charge in [0, 0.05) is 23.0 Å². The minimum atomic E-state index is -0.653. The summed E-state index contributed by atoms with van der Waals surface area (Å²) in [5, 5.41) is 12.1. The number of nitrogens with two attached hydrogens (primary N) is 1. The molecule has 21 heavy (non-hydrogen) atoms. The molecule has 7 heteroatoms. The summed E-state index contributed by atoms with van der Waals surface area (Å²) in [5.41, 5.74) is 7.48. The summed E-state index contributed by atoms with van der Waals surface area (Å²) >= 11 is 0. The van der Waals surface area contributed by atoms with Crippen LogP contribution in [-0.2, 0) is 0 Å². The van der Waals surface area contributed by atoms with Crippen molar-refractivity contribution in [1.82, 2.24) is 10.2 Å². The van der Waals surface area contributed by atoms with Crippen LogP contribution in [0.2, 0.25) is 0 Å². The molecule has 5 N–H and O–H groups in total. The van der Waals surface area contributed by atoms with Gasteiger partial charge in [-0.25, -0.2) is 4.79 Å². The lowest BCUT2D eigenvalue weighted by Crippen LogP contribution is -2.19. The van der Waals surface area contributed by atoms with E-state index < -0.39 is 6.03 Å². The zero-order chi connectivity index (χ0) is 14.8. The number of aromatic nitrogens is 2. The Labute approximate surface area is 120 Å². The topological polar surface area (TPSA) is 113 Å². The smallest absolute Gasteiger partial charge is 0.316 e. The summed E-state index contributed by atoms with van der Waals surface area (Å²) in [6, 6.07) is 7.86. The minimum absolute atomic E-state index is 0.297. The lowest BCUT2D eigenvalue weighted by Gasteiger charge is -2.06. The van der Waals surface area contributed by atoms with E-state index >= 15 is 0 Å². The highest BCUT2D eigenvalue weighted by molar-refractivity contribution is 6.03. The molecule has 0 saturated heterocycles. The average Bonchev–Trinajstić information content (AvgIpc) is 3.16. The molecular weight excluding hydrogens is 270 g/mol. The van der Waals surface area contributed by atoms with Crippen LogP contribution in [0.5, 0.6) is 0 Å². The SMILES string of the molecule is NC(=O)Nc1cccc(NC(=O)c2cc(C3CC3)[nH]n2)c1. The number of rotatable bonds is 4. The number of aromatic amines is 1. The number of H-pyrrole nitrogens is 1. The van der Waals surface area contributed by atoms with E-state index in [9.17, 15) is 9.59 Å². The van der Waals surface area contributed by atoms with Crippen LogP contribution in [0, 0.1) is 0 Å². The second kappa shape index (κ2) is 5.28. The van der Waals surface area contributed by atoms with Crippen molar-refractivity contribution in [3.63, 3.8) is 0 Å². The van der Waals surface area contributed by atoms with Gasteiger partial charge >= 0.3 is 6.03 Å². The second-order valence-electron chi connectivity index (χ2n) is 5.01. The third-order valence-corrected chi connectivity index (χ3v) is 3.24. The Kier molecular flexibility index (Phi) is 3.31. The molecule has 1 heterocycles. The summed E-state index contributed by atoms with van der Waals surface area (Å²) in [5.74, 6) is 0.219. The Hall–Kier alpha value is -2.83. The monoisotopic (exact) mass is 285 g/mol. The number of urea groups is 1. The van der Waals surface area contributed by atoms with Crippen LogP contribution in [-0.4, -0.2) is 22.1 Å². The summed E-state index contributed by atoms with van der Waals surface area (Å²) in [4.78, 5) is 22.9. The number of primary amides is 1. The van der Waals surface area contributed by atoms with Crippen molar-refractivity contribution in [2.75, 3.05) is 10.6 Å². The number of anilines is 2. The molecule has 1 saturated carbocycles. The van der Waals surface area contributed by atoms with E-state index in [0.29, 0.717) is 23.0 Å². The molecule has 2 aromatic rings. The number of carbonyl (C=O) groups is 2. The number of hydrogen-bond donors (Lipinski definition) is 4. The number of nitrogens with one attached hydrogen (secondary N) is 3. The summed E-state index contributed by atoms with van der Waals surface area (Å²) < 4.78 is 0. The van der Waals surface area contributed by atoms with E-state index in [0.717, 1.165) is 18.5 Å². The molecular formula is C14H15N5O2. The standard InChI is InChI=1S/C14H15N5O2/c15-14(21)17-10-3-1-2-9(6-10)16-13(20)12-7-11(18-19-12)8-4-5-8/h1-3,6-8H,4-5H2,(H,16,20)(H,18,19)(H3,15,17,21). The number of nitrogens with zero attached hydrogens (tertiary/aromatic N) is 1. The lowest BCUT2D eigenvalue weighted by molar-refractivity contribution is 0.102. The quantitative estimate of drug-likeness (QED) is 0.689. The van der Waals surface area contributed by atoms with Crippen LogP contribution in [0.1, 0.15) is 34.9 Å². The minimum Gasteiger partial charge on any atom is -0.351 e. The van der Waals surface area contributed by atoms with Gasteiger partial charge in [-0.3, -0.25) is 9.89 Å². The Morgan fingerprint density at radius 2 is 1.90 bits per heavy atom. The van der Waals surface area contributed by atoms with E-state index in [1.807, 2.05) is 0 Å². The van der Waals surface area contributed by atoms with Crippen molar-refractivity contribution < 1.29 is 9.59 Å². The number of hydrogen-bond acceptors (Lipinski definition) is 3. The van der Waals surface area contributed by atoms with Crippen LogP contribution < -0.4 is 16.4 Å². The fraction of sp³-hybridized carbons (Fsp3) is 0.214.